The second-order valence-electron chi connectivity index (χ2n) is 4.31. The fourth-order valence-corrected chi connectivity index (χ4v) is 2.16. The molecule has 2 aromatic carbocycles. The van der Waals surface area contributed by atoms with E-state index in [-0.39, 0.29) is 47.4 Å². The summed E-state index contributed by atoms with van der Waals surface area (Å²) in [7, 11) is 0. The number of benzene rings is 2. The van der Waals surface area contributed by atoms with Crippen LogP contribution >= 0.6 is 15.9 Å². The van der Waals surface area contributed by atoms with Gasteiger partial charge in [0.1, 0.15) is 6.42 Å². The Labute approximate surface area is 152 Å². The zero-order valence-corrected chi connectivity index (χ0v) is 15.1. The third-order valence-electron chi connectivity index (χ3n) is 2.90. The van der Waals surface area contributed by atoms with Gasteiger partial charge in [-0.15, -0.1) is 0 Å². The Hall–Kier alpha value is -1.14. The molecule has 0 saturated carbocycles. The fraction of sp³-hybridized carbons (Fsp3) is 0.0667. The Balaban J connectivity index is 0.00000220. The molecule has 0 bridgehead atoms. The molecule has 0 spiro atoms. The minimum absolute atomic E-state index is 0. The van der Waals surface area contributed by atoms with Crippen LogP contribution in [0.1, 0.15) is 21.5 Å². The van der Waals surface area contributed by atoms with E-state index in [0.717, 1.165) is 4.47 Å². The van der Waals surface area contributed by atoms with Crippen molar-refractivity contribution in [3.8, 4) is 0 Å². The fourth-order valence-electron chi connectivity index (χ4n) is 1.89. The summed E-state index contributed by atoms with van der Waals surface area (Å²) in [4.78, 5) is 23.3. The van der Waals surface area contributed by atoms with E-state index >= 15 is 0 Å². The Kier molecular flexibility index (Phi) is 6.61. The molecule has 102 valence electrons. The molecule has 0 atom stereocenters. The zero-order valence-electron chi connectivity index (χ0n) is 11.5. The molecule has 0 heterocycles. The number of carbonyl (C=O) groups excluding carboxylic acids is 2. The first-order valence-corrected chi connectivity index (χ1v) is 6.70. The second-order valence-corrected chi connectivity index (χ2v) is 5.23. The molecule has 6 heteroatoms. The molecule has 0 aliphatic carbocycles. The van der Waals surface area contributed by atoms with Crippen LogP contribution in [0.25, 0.3) is 0 Å². The predicted octanol–water partition coefficient (Wildman–Crippen LogP) is -0.940. The van der Waals surface area contributed by atoms with Crippen molar-refractivity contribution in [2.45, 2.75) is 6.42 Å². The number of hydrogen-bond acceptors (Lipinski definition) is 3. The molecule has 0 aliphatic rings. The summed E-state index contributed by atoms with van der Waals surface area (Å²) in [5, 5.41) is 6.99. The maximum Gasteiger partial charge on any atom is 1.00 e. The van der Waals surface area contributed by atoms with Gasteiger partial charge in [-0.1, -0.05) is 28.1 Å². The molecular weight excluding hydrogens is 345 g/mol. The third kappa shape index (κ3) is 4.41. The number of nitrogen functional groups attached to an aromatic ring is 1. The topological polar surface area (TPSA) is 83.1 Å². The van der Waals surface area contributed by atoms with E-state index in [1.165, 1.54) is 0 Å². The van der Waals surface area contributed by atoms with E-state index in [9.17, 15) is 9.59 Å². The molecule has 0 saturated heterocycles. The van der Waals surface area contributed by atoms with E-state index in [1.54, 1.807) is 42.5 Å². The van der Waals surface area contributed by atoms with Gasteiger partial charge in [-0.05, 0) is 35.9 Å². The minimum atomic E-state index is -0.732. The number of hydrogen-bond donors (Lipinski definition) is 1. The molecule has 4 nitrogen and oxygen atoms in total. The molecule has 0 radical (unpaired) electrons. The predicted molar refractivity (Wildman–Crippen MR) is 80.8 cm³/mol. The molecule has 2 rings (SSSR count). The number of nitrogens with two attached hydrogens (primary N) is 1. The van der Waals surface area contributed by atoms with Gasteiger partial charge in [-0.2, -0.15) is 0 Å². The summed E-state index contributed by atoms with van der Waals surface area (Å²) < 4.78 is 0.885. The van der Waals surface area contributed by atoms with Crippen molar-refractivity contribution in [1.82, 2.24) is 0 Å². The number of halogens is 1. The molecule has 4 N–H and O–H groups in total. The van der Waals surface area contributed by atoms with Gasteiger partial charge in [0, 0.05) is 26.1 Å². The van der Waals surface area contributed by atoms with Crippen molar-refractivity contribution in [2.75, 3.05) is 5.73 Å². The van der Waals surface area contributed by atoms with Crippen LogP contribution in [-0.4, -0.2) is 16.9 Å². The van der Waals surface area contributed by atoms with E-state index in [4.69, 9.17) is 10.8 Å². The van der Waals surface area contributed by atoms with Gasteiger partial charge in [0.15, 0.2) is 5.78 Å². The molecule has 21 heavy (non-hydrogen) atoms. The van der Waals surface area contributed by atoms with Crippen LogP contribution in [0, 0.1) is 0 Å². The van der Waals surface area contributed by atoms with Crippen molar-refractivity contribution in [1.29, 1.82) is 0 Å². The first-order valence-electron chi connectivity index (χ1n) is 5.91. The maximum absolute atomic E-state index is 12.4. The van der Waals surface area contributed by atoms with Crippen LogP contribution < -0.4 is 35.3 Å². The number of para-hydroxylation sites is 1. The summed E-state index contributed by atoms with van der Waals surface area (Å²) in [6, 6.07) is 11.9. The second kappa shape index (κ2) is 7.75. The Morgan fingerprint density at radius 3 is 2.29 bits per heavy atom. The number of anilines is 1. The Bertz CT molecular complexity index is 671. The van der Waals surface area contributed by atoms with Crippen LogP contribution in [0.5, 0.6) is 0 Å². The monoisotopic (exact) mass is 357 g/mol. The largest absolute Gasteiger partial charge is 1.00 e. The Morgan fingerprint density at radius 2 is 1.71 bits per heavy atom. The van der Waals surface area contributed by atoms with E-state index in [2.05, 4.69) is 15.9 Å². The molecular formula is C15H13BrNNaO3+2. The van der Waals surface area contributed by atoms with Gasteiger partial charge in [0.2, 0.25) is 0 Å². The zero-order chi connectivity index (χ0) is 14.7. The van der Waals surface area contributed by atoms with Crippen molar-refractivity contribution >= 4 is 33.4 Å². The average molecular weight is 358 g/mol. The summed E-state index contributed by atoms with van der Waals surface area (Å²) in [6.45, 7) is 0. The van der Waals surface area contributed by atoms with Gasteiger partial charge in [-0.3, -0.25) is 4.79 Å². The SMILES string of the molecule is Nc1c(CC(=O)[OH2+])cccc1C(=O)c1ccc(Br)cc1.[Na+]. The molecule has 0 fully saturated rings. The first kappa shape index (κ1) is 17.9. The van der Waals surface area contributed by atoms with Crippen LogP contribution in [0.4, 0.5) is 5.69 Å². The third-order valence-corrected chi connectivity index (χ3v) is 3.43. The van der Waals surface area contributed by atoms with Gasteiger partial charge in [-0.25, -0.2) is 0 Å². The van der Waals surface area contributed by atoms with Crippen LogP contribution in [0.15, 0.2) is 46.9 Å². The summed E-state index contributed by atoms with van der Waals surface area (Å²) in [6.07, 6.45) is -0.0900. The van der Waals surface area contributed by atoms with Crippen molar-refractivity contribution in [3.63, 3.8) is 0 Å². The quantitative estimate of drug-likeness (QED) is 0.332. The first-order chi connectivity index (χ1) is 9.49. The molecule has 0 aliphatic heterocycles. The maximum atomic E-state index is 12.4. The molecule has 0 unspecified atom stereocenters. The van der Waals surface area contributed by atoms with E-state index in [0.29, 0.717) is 16.7 Å². The number of rotatable bonds is 4. The standard InChI is InChI=1S/C15H12BrNO3.Na/c16-11-6-4-9(5-7-11)15(20)12-3-1-2-10(14(12)17)8-13(18)19;/h1-7H,8,17H2,(H,18,19);/q;+1/p+1. The van der Waals surface area contributed by atoms with E-state index in [1.807, 2.05) is 0 Å². The summed E-state index contributed by atoms with van der Waals surface area (Å²) in [5.41, 5.74) is 7.58. The number of ketones is 1. The van der Waals surface area contributed by atoms with Crippen molar-refractivity contribution in [2.24, 2.45) is 0 Å². The van der Waals surface area contributed by atoms with Gasteiger partial charge >= 0.3 is 35.5 Å². The minimum Gasteiger partial charge on any atom is -0.564 e. The van der Waals surface area contributed by atoms with Crippen LogP contribution in [0.3, 0.4) is 0 Å². The van der Waals surface area contributed by atoms with E-state index < -0.39 is 5.97 Å². The normalized spacial score (nSPS) is 9.76. The molecule has 2 aromatic rings. The number of carbonyl (C=O) groups is 2. The van der Waals surface area contributed by atoms with Crippen molar-refractivity contribution < 1.29 is 44.3 Å². The Morgan fingerprint density at radius 1 is 1.10 bits per heavy atom. The summed E-state index contributed by atoms with van der Waals surface area (Å²) in [5.74, 6) is -0.931. The van der Waals surface area contributed by atoms with Crippen LogP contribution in [-0.2, 0) is 11.2 Å². The smallest absolute Gasteiger partial charge is 0.564 e. The molecule has 0 amide bonds. The van der Waals surface area contributed by atoms with Crippen molar-refractivity contribution in [3.05, 3.63) is 63.6 Å². The van der Waals surface area contributed by atoms with Gasteiger partial charge < -0.3 is 10.8 Å². The average Bonchev–Trinajstić information content (AvgIpc) is 2.41. The van der Waals surface area contributed by atoms with Gasteiger partial charge in [0.25, 0.3) is 0 Å². The van der Waals surface area contributed by atoms with Gasteiger partial charge in [0.05, 0.1) is 0 Å². The molecule has 0 aromatic heterocycles. The summed E-state index contributed by atoms with van der Waals surface area (Å²) >= 11 is 3.31. The van der Waals surface area contributed by atoms with Crippen LogP contribution in [0.2, 0.25) is 0 Å².